The van der Waals surface area contributed by atoms with Gasteiger partial charge in [0.05, 0.1) is 30.2 Å². The molecule has 0 saturated heterocycles. The Bertz CT molecular complexity index is 778. The number of ether oxygens (including phenoxy) is 1. The first kappa shape index (κ1) is 12.2. The Morgan fingerprint density at radius 3 is 3.00 bits per heavy atom. The van der Waals surface area contributed by atoms with Gasteiger partial charge >= 0.3 is 0 Å². The van der Waals surface area contributed by atoms with Crippen LogP contribution in [0.1, 0.15) is 5.56 Å². The number of hydrogen-bond acceptors (Lipinski definition) is 4. The summed E-state index contributed by atoms with van der Waals surface area (Å²) in [6, 6.07) is 10.8. The van der Waals surface area contributed by atoms with Crippen LogP contribution in [-0.2, 0) is 0 Å². The van der Waals surface area contributed by atoms with E-state index >= 15 is 0 Å². The summed E-state index contributed by atoms with van der Waals surface area (Å²) in [7, 11) is 1.52. The minimum Gasteiger partial charge on any atom is -0.504 e. The number of phenols is 1. The van der Waals surface area contributed by atoms with E-state index in [1.807, 2.05) is 18.2 Å². The molecule has 0 aliphatic carbocycles. The quantitative estimate of drug-likeness (QED) is 0.716. The third kappa shape index (κ3) is 2.33. The third-order valence-electron chi connectivity index (χ3n) is 2.97. The fourth-order valence-electron chi connectivity index (χ4n) is 1.93. The lowest BCUT2D eigenvalue weighted by Gasteiger charge is -2.03. The van der Waals surface area contributed by atoms with Crippen molar-refractivity contribution in [2.24, 2.45) is 4.99 Å². The van der Waals surface area contributed by atoms with Crippen molar-refractivity contribution in [3.63, 3.8) is 0 Å². The summed E-state index contributed by atoms with van der Waals surface area (Å²) in [5.74, 6) is 0.543. The number of aromatic hydroxyl groups is 1. The Balaban J connectivity index is 1.89. The summed E-state index contributed by atoms with van der Waals surface area (Å²) >= 11 is 0. The number of nitrogens with one attached hydrogen (secondary N) is 1. The highest BCUT2D eigenvalue weighted by Gasteiger charge is 2.01. The van der Waals surface area contributed by atoms with E-state index in [4.69, 9.17) is 4.74 Å². The maximum Gasteiger partial charge on any atom is 0.161 e. The van der Waals surface area contributed by atoms with Gasteiger partial charge in [-0.15, -0.1) is 0 Å². The number of phenolic OH excluding ortho intramolecular Hbond substituents is 1. The highest BCUT2D eigenvalue weighted by molar-refractivity contribution is 5.85. The van der Waals surface area contributed by atoms with Gasteiger partial charge in [-0.25, -0.2) is 4.98 Å². The zero-order chi connectivity index (χ0) is 13.9. The van der Waals surface area contributed by atoms with Crippen molar-refractivity contribution >= 4 is 22.9 Å². The molecule has 2 N–H and O–H groups in total. The van der Waals surface area contributed by atoms with E-state index in [9.17, 15) is 5.11 Å². The maximum atomic E-state index is 9.53. The van der Waals surface area contributed by atoms with Gasteiger partial charge in [0, 0.05) is 6.21 Å². The van der Waals surface area contributed by atoms with Crippen molar-refractivity contribution in [2.75, 3.05) is 7.11 Å². The van der Waals surface area contributed by atoms with Crippen molar-refractivity contribution in [1.29, 1.82) is 0 Å². The highest BCUT2D eigenvalue weighted by atomic mass is 16.5. The van der Waals surface area contributed by atoms with Crippen molar-refractivity contribution in [3.05, 3.63) is 48.3 Å². The summed E-state index contributed by atoms with van der Waals surface area (Å²) in [5, 5.41) is 9.53. The molecular weight excluding hydrogens is 254 g/mol. The van der Waals surface area contributed by atoms with Crippen LogP contribution in [0.5, 0.6) is 11.5 Å². The smallest absolute Gasteiger partial charge is 0.161 e. The van der Waals surface area contributed by atoms with E-state index in [1.54, 1.807) is 30.7 Å². The second-order valence-corrected chi connectivity index (χ2v) is 4.29. The zero-order valence-corrected chi connectivity index (χ0v) is 10.9. The lowest BCUT2D eigenvalue weighted by atomic mass is 10.2. The molecular formula is C15H13N3O2. The topological polar surface area (TPSA) is 70.5 Å². The molecule has 1 heterocycles. The number of aromatic amines is 1. The van der Waals surface area contributed by atoms with E-state index in [0.29, 0.717) is 5.75 Å². The standard InChI is InChI=1S/C15H13N3O2/c1-20-15-6-10(2-5-14(15)19)8-16-11-3-4-12-13(7-11)18-9-17-12/h2-9,19H,1H3,(H,17,18). The number of rotatable bonds is 3. The van der Waals surface area contributed by atoms with Crippen molar-refractivity contribution in [2.45, 2.75) is 0 Å². The van der Waals surface area contributed by atoms with Gasteiger partial charge in [0.25, 0.3) is 0 Å². The molecule has 3 rings (SSSR count). The van der Waals surface area contributed by atoms with Crippen LogP contribution >= 0.6 is 0 Å². The molecule has 0 atom stereocenters. The third-order valence-corrected chi connectivity index (χ3v) is 2.97. The van der Waals surface area contributed by atoms with E-state index in [-0.39, 0.29) is 5.75 Å². The molecule has 5 heteroatoms. The minimum atomic E-state index is 0.114. The van der Waals surface area contributed by atoms with Crippen molar-refractivity contribution in [3.8, 4) is 11.5 Å². The van der Waals surface area contributed by atoms with Gasteiger partial charge < -0.3 is 14.8 Å². The van der Waals surface area contributed by atoms with Crippen LogP contribution in [-0.4, -0.2) is 28.4 Å². The summed E-state index contributed by atoms with van der Waals surface area (Å²) in [6.45, 7) is 0. The number of imidazole rings is 1. The average Bonchev–Trinajstić information content (AvgIpc) is 2.94. The Labute approximate surface area is 115 Å². The van der Waals surface area contributed by atoms with Crippen LogP contribution in [0.2, 0.25) is 0 Å². The lowest BCUT2D eigenvalue weighted by Crippen LogP contribution is -1.86. The molecule has 0 spiro atoms. The molecule has 0 unspecified atom stereocenters. The molecule has 0 aliphatic heterocycles. The number of benzene rings is 2. The number of hydrogen-bond donors (Lipinski definition) is 2. The number of aliphatic imine (C=N–C) groups is 1. The van der Waals surface area contributed by atoms with Gasteiger partial charge in [-0.2, -0.15) is 0 Å². The number of aromatic nitrogens is 2. The monoisotopic (exact) mass is 267 g/mol. The Morgan fingerprint density at radius 2 is 2.15 bits per heavy atom. The number of H-pyrrole nitrogens is 1. The zero-order valence-electron chi connectivity index (χ0n) is 10.9. The first-order chi connectivity index (χ1) is 9.76. The molecule has 2 aromatic carbocycles. The normalized spacial score (nSPS) is 11.2. The van der Waals surface area contributed by atoms with Crippen molar-refractivity contribution < 1.29 is 9.84 Å². The molecule has 100 valence electrons. The van der Waals surface area contributed by atoms with Crippen LogP contribution in [0.15, 0.2) is 47.7 Å². The first-order valence-electron chi connectivity index (χ1n) is 6.10. The van der Waals surface area contributed by atoms with Crippen LogP contribution in [0, 0.1) is 0 Å². The van der Waals surface area contributed by atoms with Crippen LogP contribution in [0.4, 0.5) is 5.69 Å². The predicted octanol–water partition coefficient (Wildman–Crippen LogP) is 3.03. The fraction of sp³-hybridized carbons (Fsp3) is 0.0667. The second kappa shape index (κ2) is 5.05. The van der Waals surface area contributed by atoms with Gasteiger partial charge in [0.15, 0.2) is 11.5 Å². The molecule has 3 aromatic rings. The van der Waals surface area contributed by atoms with Crippen LogP contribution in [0.25, 0.3) is 11.0 Å². The Kier molecular flexibility index (Phi) is 3.09. The van der Waals surface area contributed by atoms with Gasteiger partial charge in [-0.05, 0) is 42.0 Å². The molecule has 0 fully saturated rings. The number of fused-ring (bicyclic) bond motifs is 1. The van der Waals surface area contributed by atoms with Gasteiger partial charge in [-0.3, -0.25) is 4.99 Å². The first-order valence-corrected chi connectivity index (χ1v) is 6.10. The summed E-state index contributed by atoms with van der Waals surface area (Å²) in [5.41, 5.74) is 3.54. The molecule has 0 aliphatic rings. The van der Waals surface area contributed by atoms with Gasteiger partial charge in [-0.1, -0.05) is 0 Å². The molecule has 0 saturated carbocycles. The lowest BCUT2D eigenvalue weighted by molar-refractivity contribution is 0.373. The molecule has 0 bridgehead atoms. The van der Waals surface area contributed by atoms with E-state index in [1.165, 1.54) is 7.11 Å². The van der Waals surface area contributed by atoms with E-state index in [2.05, 4.69) is 15.0 Å². The van der Waals surface area contributed by atoms with Crippen molar-refractivity contribution in [1.82, 2.24) is 9.97 Å². The molecule has 1 aromatic heterocycles. The largest absolute Gasteiger partial charge is 0.504 e. The number of nitrogens with zero attached hydrogens (tertiary/aromatic N) is 2. The predicted molar refractivity (Wildman–Crippen MR) is 78.0 cm³/mol. The van der Waals surface area contributed by atoms with Crippen LogP contribution in [0.3, 0.4) is 0 Å². The van der Waals surface area contributed by atoms with E-state index < -0.39 is 0 Å². The van der Waals surface area contributed by atoms with Gasteiger partial charge in [0.1, 0.15) is 0 Å². The summed E-state index contributed by atoms with van der Waals surface area (Å²) in [4.78, 5) is 11.6. The molecule has 0 amide bonds. The SMILES string of the molecule is COc1cc(C=Nc2ccc3nc[nH]c3c2)ccc1O. The minimum absolute atomic E-state index is 0.114. The maximum absolute atomic E-state index is 9.53. The molecule has 0 radical (unpaired) electrons. The van der Waals surface area contributed by atoms with Gasteiger partial charge in [0.2, 0.25) is 0 Å². The Morgan fingerprint density at radius 1 is 1.25 bits per heavy atom. The van der Waals surface area contributed by atoms with Crippen LogP contribution < -0.4 is 4.74 Å². The molecule has 20 heavy (non-hydrogen) atoms. The number of methoxy groups -OCH3 is 1. The fourth-order valence-corrected chi connectivity index (χ4v) is 1.93. The highest BCUT2D eigenvalue weighted by Crippen LogP contribution is 2.26. The molecule has 5 nitrogen and oxygen atoms in total. The summed E-state index contributed by atoms with van der Waals surface area (Å²) < 4.78 is 5.06. The van der Waals surface area contributed by atoms with E-state index in [0.717, 1.165) is 22.3 Å². The summed E-state index contributed by atoms with van der Waals surface area (Å²) in [6.07, 6.45) is 3.38. The Hall–Kier alpha value is -2.82. The second-order valence-electron chi connectivity index (χ2n) is 4.29. The average molecular weight is 267 g/mol.